The van der Waals surface area contributed by atoms with Crippen LogP contribution in [0.5, 0.6) is 10.8 Å². The van der Waals surface area contributed by atoms with Gasteiger partial charge in [0.25, 0.3) is 5.91 Å². The average molecular weight is 519 g/mol. The molecular formula is C23H16F2N2O6S2. The van der Waals surface area contributed by atoms with Crippen LogP contribution < -0.4 is 14.8 Å². The van der Waals surface area contributed by atoms with Crippen LogP contribution >= 0.6 is 11.3 Å². The standard InChI is InChI=1S/C23H16F2N2O6S2/c1-2-19(28)33-20-12-26-23(34-20)27-22(29)21(32-18-10-5-14(24)11-17(18)25)13-3-6-15(7-4-13)35(30,31)16-8-9-16/h1,3-7,10-12,16,21H,8-9H2,(H,26,27,29). The minimum atomic E-state index is -3.46. The molecule has 0 radical (unpaired) electrons. The third-order valence-electron chi connectivity index (χ3n) is 4.88. The molecule has 1 aliphatic rings. The highest BCUT2D eigenvalue weighted by Crippen LogP contribution is 2.35. The maximum Gasteiger partial charge on any atom is 0.390 e. The summed E-state index contributed by atoms with van der Waals surface area (Å²) in [7, 11) is -3.46. The molecule has 3 aromatic rings. The summed E-state index contributed by atoms with van der Waals surface area (Å²) in [6.07, 6.45) is 5.83. The van der Waals surface area contributed by atoms with Crippen LogP contribution in [-0.4, -0.2) is 30.5 Å². The molecule has 0 aliphatic heterocycles. The lowest BCUT2D eigenvalue weighted by Gasteiger charge is -2.19. The highest BCUT2D eigenvalue weighted by molar-refractivity contribution is 7.92. The number of nitrogens with one attached hydrogen (secondary N) is 1. The van der Waals surface area contributed by atoms with E-state index in [0.29, 0.717) is 18.9 Å². The Morgan fingerprint density at radius 2 is 1.89 bits per heavy atom. The number of hydrogen-bond acceptors (Lipinski definition) is 8. The Morgan fingerprint density at radius 1 is 1.17 bits per heavy atom. The SMILES string of the molecule is C#CC(=O)Oc1cnc(NC(=O)C(Oc2ccc(F)cc2F)c2ccc(S(=O)(=O)C3CC3)cc2)s1. The van der Waals surface area contributed by atoms with Crippen LogP contribution in [0, 0.1) is 24.0 Å². The Kier molecular flexibility index (Phi) is 6.81. The van der Waals surface area contributed by atoms with Gasteiger partial charge in [0.1, 0.15) is 5.82 Å². The fraction of sp³-hybridized carbons (Fsp3) is 0.174. The molecule has 8 nitrogen and oxygen atoms in total. The van der Waals surface area contributed by atoms with E-state index >= 15 is 0 Å². The molecular weight excluding hydrogens is 502 g/mol. The molecule has 1 saturated carbocycles. The molecule has 4 rings (SSSR count). The van der Waals surface area contributed by atoms with Crippen molar-refractivity contribution in [3.8, 4) is 23.2 Å². The van der Waals surface area contributed by atoms with Crippen molar-refractivity contribution < 1.29 is 36.3 Å². The van der Waals surface area contributed by atoms with Crippen molar-refractivity contribution in [3.05, 3.63) is 65.9 Å². The molecule has 1 unspecified atom stereocenters. The number of benzene rings is 2. The number of aromatic nitrogens is 1. The third-order valence-corrected chi connectivity index (χ3v) is 7.95. The van der Waals surface area contributed by atoms with E-state index in [1.807, 2.05) is 0 Å². The molecule has 0 saturated heterocycles. The smallest absolute Gasteiger partial charge is 0.390 e. The van der Waals surface area contributed by atoms with Gasteiger partial charge in [-0.05, 0) is 37.1 Å². The summed E-state index contributed by atoms with van der Waals surface area (Å²) in [5, 5.41) is 2.10. The summed E-state index contributed by atoms with van der Waals surface area (Å²) in [6, 6.07) is 8.03. The predicted molar refractivity (Wildman–Crippen MR) is 122 cm³/mol. The lowest BCUT2D eigenvalue weighted by molar-refractivity contribution is -0.127. The predicted octanol–water partition coefficient (Wildman–Crippen LogP) is 3.65. The van der Waals surface area contributed by atoms with Gasteiger partial charge in [0.05, 0.1) is 16.3 Å². The summed E-state index contributed by atoms with van der Waals surface area (Å²) < 4.78 is 62.9. The first kappa shape index (κ1) is 24.3. The summed E-state index contributed by atoms with van der Waals surface area (Å²) in [5.74, 6) is -2.23. The minimum Gasteiger partial charge on any atom is -0.473 e. The van der Waals surface area contributed by atoms with Crippen LogP contribution in [0.25, 0.3) is 0 Å². The number of amides is 1. The van der Waals surface area contributed by atoms with Gasteiger partial charge in [-0.3, -0.25) is 10.1 Å². The molecule has 1 heterocycles. The summed E-state index contributed by atoms with van der Waals surface area (Å²) >= 11 is 0.805. The van der Waals surface area contributed by atoms with Gasteiger partial charge in [-0.15, -0.1) is 6.42 Å². The van der Waals surface area contributed by atoms with Crippen LogP contribution in [0.2, 0.25) is 0 Å². The molecule has 35 heavy (non-hydrogen) atoms. The second-order valence-corrected chi connectivity index (χ2v) is 10.6. The van der Waals surface area contributed by atoms with E-state index in [0.717, 1.165) is 23.5 Å². The molecule has 1 N–H and O–H groups in total. The molecule has 1 atom stereocenters. The van der Waals surface area contributed by atoms with Gasteiger partial charge < -0.3 is 9.47 Å². The first-order valence-electron chi connectivity index (χ1n) is 10.1. The third kappa shape index (κ3) is 5.64. The topological polar surface area (TPSA) is 112 Å². The Hall–Kier alpha value is -3.82. The quantitative estimate of drug-likeness (QED) is 0.275. The van der Waals surface area contributed by atoms with Gasteiger partial charge >= 0.3 is 5.97 Å². The highest BCUT2D eigenvalue weighted by atomic mass is 32.2. The van der Waals surface area contributed by atoms with Crippen molar-refractivity contribution in [2.75, 3.05) is 5.32 Å². The van der Waals surface area contributed by atoms with Gasteiger partial charge in [0.2, 0.25) is 11.2 Å². The summed E-state index contributed by atoms with van der Waals surface area (Å²) in [6.45, 7) is 0. The highest BCUT2D eigenvalue weighted by Gasteiger charge is 2.37. The summed E-state index contributed by atoms with van der Waals surface area (Å²) in [4.78, 5) is 28.3. The fourth-order valence-corrected chi connectivity index (χ4v) is 5.36. The van der Waals surface area contributed by atoms with Crippen LogP contribution in [0.15, 0.2) is 53.6 Å². The van der Waals surface area contributed by atoms with Crippen molar-refractivity contribution in [1.82, 2.24) is 4.98 Å². The van der Waals surface area contributed by atoms with E-state index in [1.54, 1.807) is 5.92 Å². The Bertz CT molecular complexity index is 1430. The molecule has 1 aromatic heterocycles. The molecule has 12 heteroatoms. The molecule has 1 aliphatic carbocycles. The van der Waals surface area contributed by atoms with Gasteiger partial charge in [-0.1, -0.05) is 23.5 Å². The first-order valence-corrected chi connectivity index (χ1v) is 12.4. The number of ether oxygens (including phenoxy) is 2. The number of thiazole rings is 1. The van der Waals surface area contributed by atoms with E-state index in [2.05, 4.69) is 10.3 Å². The average Bonchev–Trinajstić information content (AvgIpc) is 3.61. The number of anilines is 1. The Morgan fingerprint density at radius 3 is 2.51 bits per heavy atom. The molecule has 180 valence electrons. The van der Waals surface area contributed by atoms with Crippen molar-refractivity contribution in [2.45, 2.75) is 29.1 Å². The van der Waals surface area contributed by atoms with E-state index < -0.39 is 50.5 Å². The van der Waals surface area contributed by atoms with E-state index in [4.69, 9.17) is 15.9 Å². The van der Waals surface area contributed by atoms with Crippen molar-refractivity contribution in [2.24, 2.45) is 0 Å². The van der Waals surface area contributed by atoms with Crippen molar-refractivity contribution >= 4 is 38.2 Å². The zero-order valence-electron chi connectivity index (χ0n) is 17.7. The van der Waals surface area contributed by atoms with Gasteiger partial charge in [-0.2, -0.15) is 0 Å². The zero-order chi connectivity index (χ0) is 25.2. The monoisotopic (exact) mass is 518 g/mol. The summed E-state index contributed by atoms with van der Waals surface area (Å²) in [5.41, 5.74) is 0.205. The maximum atomic E-state index is 14.2. The Balaban J connectivity index is 1.60. The fourth-order valence-electron chi connectivity index (χ4n) is 3.03. The normalized spacial score (nSPS) is 14.0. The second kappa shape index (κ2) is 9.81. The van der Waals surface area contributed by atoms with Crippen LogP contribution in [0.4, 0.5) is 13.9 Å². The van der Waals surface area contributed by atoms with E-state index in [-0.39, 0.29) is 20.7 Å². The van der Waals surface area contributed by atoms with Crippen molar-refractivity contribution in [1.29, 1.82) is 0 Å². The first-order chi connectivity index (χ1) is 16.7. The number of esters is 1. The number of hydrogen-bond donors (Lipinski definition) is 1. The zero-order valence-corrected chi connectivity index (χ0v) is 19.4. The Labute approximate surface area is 202 Å². The van der Waals surface area contributed by atoms with E-state index in [9.17, 15) is 26.8 Å². The lowest BCUT2D eigenvalue weighted by Crippen LogP contribution is -2.26. The van der Waals surface area contributed by atoms with Crippen molar-refractivity contribution in [3.63, 3.8) is 0 Å². The van der Waals surface area contributed by atoms with Gasteiger partial charge in [-0.25, -0.2) is 27.0 Å². The second-order valence-electron chi connectivity index (χ2n) is 7.39. The van der Waals surface area contributed by atoms with Gasteiger partial charge in [0.15, 0.2) is 26.5 Å². The van der Waals surface area contributed by atoms with Crippen LogP contribution in [0.1, 0.15) is 24.5 Å². The number of carbonyl (C=O) groups is 2. The van der Waals surface area contributed by atoms with Gasteiger partial charge in [0, 0.05) is 17.6 Å². The lowest BCUT2D eigenvalue weighted by atomic mass is 10.1. The molecule has 1 fully saturated rings. The molecule has 2 aromatic carbocycles. The van der Waals surface area contributed by atoms with Crippen LogP contribution in [0.3, 0.4) is 0 Å². The molecule has 1 amide bonds. The maximum absolute atomic E-state index is 14.2. The molecule has 0 spiro atoms. The van der Waals surface area contributed by atoms with E-state index in [1.165, 1.54) is 30.5 Å². The minimum absolute atomic E-state index is 0.0240. The number of sulfone groups is 1. The largest absolute Gasteiger partial charge is 0.473 e. The number of carbonyl (C=O) groups excluding carboxylic acids is 2. The number of rotatable bonds is 8. The molecule has 0 bridgehead atoms. The number of terminal acetylenes is 1. The number of halogens is 2. The number of nitrogens with zero attached hydrogens (tertiary/aromatic N) is 1. The van der Waals surface area contributed by atoms with Crippen LogP contribution in [-0.2, 0) is 19.4 Å².